The van der Waals surface area contributed by atoms with Crippen molar-refractivity contribution in [2.75, 3.05) is 13.1 Å². The minimum Gasteiger partial charge on any atom is -0.481 e. The first-order valence-corrected chi connectivity index (χ1v) is 8.42. The normalized spacial score (nSPS) is 22.9. The molecule has 1 saturated heterocycles. The van der Waals surface area contributed by atoms with E-state index < -0.39 is 21.9 Å². The van der Waals surface area contributed by atoms with Crippen LogP contribution in [0, 0.1) is 23.2 Å². The van der Waals surface area contributed by atoms with E-state index in [1.165, 1.54) is 22.5 Å². The van der Waals surface area contributed by atoms with Crippen molar-refractivity contribution in [2.24, 2.45) is 11.8 Å². The van der Waals surface area contributed by atoms with Crippen LogP contribution in [0.15, 0.2) is 27.6 Å². The van der Waals surface area contributed by atoms with Gasteiger partial charge in [-0.3, -0.25) is 4.79 Å². The van der Waals surface area contributed by atoms with Gasteiger partial charge in [-0.25, -0.2) is 8.42 Å². The molecule has 21 heavy (non-hydrogen) atoms. The molecule has 0 saturated carbocycles. The predicted octanol–water partition coefficient (Wildman–Crippen LogP) is 1.66. The van der Waals surface area contributed by atoms with Gasteiger partial charge in [-0.15, -0.1) is 0 Å². The Hall–Kier alpha value is -1.43. The molecule has 0 spiro atoms. The molecule has 1 fully saturated rings. The van der Waals surface area contributed by atoms with Crippen LogP contribution in [0.2, 0.25) is 0 Å². The highest BCUT2D eigenvalue weighted by Gasteiger charge is 2.40. The summed E-state index contributed by atoms with van der Waals surface area (Å²) in [5.41, 5.74) is 0.227. The molecule has 0 amide bonds. The molecule has 2 atom stereocenters. The first-order chi connectivity index (χ1) is 9.75. The summed E-state index contributed by atoms with van der Waals surface area (Å²) in [6.07, 6.45) is 0. The van der Waals surface area contributed by atoms with E-state index in [0.29, 0.717) is 4.47 Å². The predicted molar refractivity (Wildman–Crippen MR) is 77.9 cm³/mol. The number of benzene rings is 1. The molecule has 112 valence electrons. The lowest BCUT2D eigenvalue weighted by Crippen LogP contribution is -2.30. The van der Waals surface area contributed by atoms with Crippen LogP contribution in [-0.4, -0.2) is 36.9 Å². The van der Waals surface area contributed by atoms with Crippen molar-refractivity contribution in [3.8, 4) is 6.07 Å². The lowest BCUT2D eigenvalue weighted by atomic mass is 9.99. The maximum Gasteiger partial charge on any atom is 0.308 e. The first-order valence-electron chi connectivity index (χ1n) is 6.19. The zero-order valence-electron chi connectivity index (χ0n) is 11.2. The van der Waals surface area contributed by atoms with Crippen molar-refractivity contribution in [1.82, 2.24) is 4.31 Å². The molecule has 1 aliphatic heterocycles. The van der Waals surface area contributed by atoms with Crippen LogP contribution >= 0.6 is 15.9 Å². The summed E-state index contributed by atoms with van der Waals surface area (Å²) >= 11 is 3.17. The Morgan fingerprint density at radius 2 is 2.10 bits per heavy atom. The highest BCUT2D eigenvalue weighted by atomic mass is 79.9. The molecular weight excluding hydrogens is 360 g/mol. The molecule has 8 heteroatoms. The fraction of sp³-hybridized carbons (Fsp3) is 0.385. The number of hydrogen-bond acceptors (Lipinski definition) is 4. The molecule has 1 heterocycles. The second-order valence-electron chi connectivity index (χ2n) is 5.03. The van der Waals surface area contributed by atoms with Crippen LogP contribution in [0.4, 0.5) is 0 Å². The molecule has 0 radical (unpaired) electrons. The molecule has 1 N–H and O–H groups in total. The van der Waals surface area contributed by atoms with Crippen LogP contribution in [-0.2, 0) is 14.8 Å². The number of nitriles is 1. The lowest BCUT2D eigenvalue weighted by molar-refractivity contribution is -0.142. The minimum atomic E-state index is -3.80. The van der Waals surface area contributed by atoms with Crippen molar-refractivity contribution >= 4 is 31.9 Å². The summed E-state index contributed by atoms with van der Waals surface area (Å²) in [4.78, 5) is 11.1. The van der Waals surface area contributed by atoms with Gasteiger partial charge in [0.05, 0.1) is 22.4 Å². The Balaban J connectivity index is 2.38. The largest absolute Gasteiger partial charge is 0.481 e. The summed E-state index contributed by atoms with van der Waals surface area (Å²) in [6.45, 7) is 1.83. The summed E-state index contributed by atoms with van der Waals surface area (Å²) in [6, 6.07) is 6.12. The lowest BCUT2D eigenvalue weighted by Gasteiger charge is -2.16. The Kier molecular flexibility index (Phi) is 4.37. The van der Waals surface area contributed by atoms with Crippen LogP contribution in [0.1, 0.15) is 12.5 Å². The summed E-state index contributed by atoms with van der Waals surface area (Å²) in [7, 11) is -3.80. The number of sulfonamides is 1. The third-order valence-electron chi connectivity index (χ3n) is 3.53. The zero-order chi connectivity index (χ0) is 15.8. The van der Waals surface area contributed by atoms with E-state index in [9.17, 15) is 13.2 Å². The summed E-state index contributed by atoms with van der Waals surface area (Å²) in [5, 5.41) is 18.0. The third kappa shape index (κ3) is 3.10. The quantitative estimate of drug-likeness (QED) is 0.869. The SMILES string of the molecule is C[C@@H]1CN(S(=O)(=O)c2cc(Br)cc(C#N)c2)C[C@H]1C(=O)O. The molecule has 1 aliphatic rings. The first kappa shape index (κ1) is 15.9. The van der Waals surface area contributed by atoms with Gasteiger partial charge in [-0.1, -0.05) is 22.9 Å². The Morgan fingerprint density at radius 1 is 1.43 bits per heavy atom. The maximum absolute atomic E-state index is 12.6. The minimum absolute atomic E-state index is 0.00772. The third-order valence-corrected chi connectivity index (χ3v) is 5.80. The average Bonchev–Trinajstić information content (AvgIpc) is 2.81. The second-order valence-corrected chi connectivity index (χ2v) is 7.89. The number of hydrogen-bond donors (Lipinski definition) is 1. The van der Waals surface area contributed by atoms with Gasteiger partial charge in [-0.2, -0.15) is 9.57 Å². The van der Waals surface area contributed by atoms with Crippen LogP contribution < -0.4 is 0 Å². The highest BCUT2D eigenvalue weighted by molar-refractivity contribution is 9.10. The summed E-state index contributed by atoms with van der Waals surface area (Å²) < 4.78 is 26.8. The van der Waals surface area contributed by atoms with E-state index in [0.717, 1.165) is 0 Å². The van der Waals surface area contributed by atoms with E-state index >= 15 is 0 Å². The number of rotatable bonds is 3. The Bertz CT molecular complexity index is 726. The standard InChI is InChI=1S/C13H13BrN2O4S/c1-8-6-16(7-12(8)13(17)18)21(19,20)11-3-9(5-15)2-10(14)4-11/h2-4,8,12H,6-7H2,1H3,(H,17,18)/t8-,12-/m1/s1. The van der Waals surface area contributed by atoms with Crippen molar-refractivity contribution in [3.63, 3.8) is 0 Å². The molecular formula is C13H13BrN2O4S. The average molecular weight is 373 g/mol. The van der Waals surface area contributed by atoms with E-state index in [1.807, 2.05) is 6.07 Å². The monoisotopic (exact) mass is 372 g/mol. The number of carbonyl (C=O) groups is 1. The van der Waals surface area contributed by atoms with Gasteiger partial charge in [0.1, 0.15) is 0 Å². The number of halogens is 1. The van der Waals surface area contributed by atoms with Crippen molar-refractivity contribution in [1.29, 1.82) is 5.26 Å². The topological polar surface area (TPSA) is 98.5 Å². The molecule has 0 unspecified atom stereocenters. The number of carboxylic acids is 1. The van der Waals surface area contributed by atoms with Gasteiger partial charge in [0.15, 0.2) is 0 Å². The van der Waals surface area contributed by atoms with Gasteiger partial charge in [0.25, 0.3) is 0 Å². The molecule has 6 nitrogen and oxygen atoms in total. The van der Waals surface area contributed by atoms with Crippen LogP contribution in [0.25, 0.3) is 0 Å². The van der Waals surface area contributed by atoms with Crippen LogP contribution in [0.5, 0.6) is 0 Å². The summed E-state index contributed by atoms with van der Waals surface area (Å²) in [5.74, 6) is -1.95. The molecule has 1 aromatic carbocycles. The maximum atomic E-state index is 12.6. The highest BCUT2D eigenvalue weighted by Crippen LogP contribution is 2.30. The fourth-order valence-corrected chi connectivity index (χ4v) is 4.65. The van der Waals surface area contributed by atoms with Gasteiger partial charge >= 0.3 is 5.97 Å². The number of carboxylic acid groups (broad SMARTS) is 1. The zero-order valence-corrected chi connectivity index (χ0v) is 13.6. The van der Waals surface area contributed by atoms with Gasteiger partial charge in [0.2, 0.25) is 10.0 Å². The molecule has 0 aromatic heterocycles. The Morgan fingerprint density at radius 3 is 2.62 bits per heavy atom. The molecule has 0 bridgehead atoms. The number of nitrogens with zero attached hydrogens (tertiary/aromatic N) is 2. The van der Waals surface area contributed by atoms with E-state index in [-0.39, 0.29) is 29.5 Å². The van der Waals surface area contributed by atoms with Gasteiger partial charge < -0.3 is 5.11 Å². The Labute approximate surface area is 131 Å². The fourth-order valence-electron chi connectivity index (χ4n) is 2.37. The van der Waals surface area contributed by atoms with E-state index in [1.54, 1.807) is 6.92 Å². The van der Waals surface area contributed by atoms with E-state index in [2.05, 4.69) is 15.9 Å². The molecule has 0 aliphatic carbocycles. The molecule has 1 aromatic rings. The smallest absolute Gasteiger partial charge is 0.308 e. The number of aliphatic carboxylic acids is 1. The second kappa shape index (κ2) is 5.75. The van der Waals surface area contributed by atoms with E-state index in [4.69, 9.17) is 10.4 Å². The van der Waals surface area contributed by atoms with Crippen molar-refractivity contribution < 1.29 is 18.3 Å². The van der Waals surface area contributed by atoms with Gasteiger partial charge in [0, 0.05) is 17.6 Å². The van der Waals surface area contributed by atoms with Gasteiger partial charge in [-0.05, 0) is 24.1 Å². The van der Waals surface area contributed by atoms with Crippen molar-refractivity contribution in [3.05, 3.63) is 28.2 Å². The van der Waals surface area contributed by atoms with Crippen LogP contribution in [0.3, 0.4) is 0 Å². The van der Waals surface area contributed by atoms with Crippen molar-refractivity contribution in [2.45, 2.75) is 11.8 Å². The molecule has 2 rings (SSSR count).